The van der Waals surface area contributed by atoms with Crippen LogP contribution >= 0.6 is 0 Å². The average Bonchev–Trinajstić information content (AvgIpc) is 2.20. The van der Waals surface area contributed by atoms with Crippen LogP contribution in [-0.2, 0) is 11.2 Å². The molecule has 0 aromatic heterocycles. The van der Waals surface area contributed by atoms with E-state index in [1.165, 1.54) is 17.5 Å². The van der Waals surface area contributed by atoms with Crippen molar-refractivity contribution in [2.24, 2.45) is 0 Å². The lowest BCUT2D eigenvalue weighted by molar-refractivity contribution is -0.116. The van der Waals surface area contributed by atoms with Gasteiger partial charge in [-0.3, -0.25) is 4.79 Å². The van der Waals surface area contributed by atoms with Gasteiger partial charge in [0.25, 0.3) is 0 Å². The van der Waals surface area contributed by atoms with Gasteiger partial charge < -0.3 is 5.32 Å². The van der Waals surface area contributed by atoms with E-state index >= 15 is 0 Å². The van der Waals surface area contributed by atoms with Crippen LogP contribution in [0.1, 0.15) is 37.8 Å². The van der Waals surface area contributed by atoms with Gasteiger partial charge in [0, 0.05) is 12.1 Å². The van der Waals surface area contributed by atoms with Crippen molar-refractivity contribution < 1.29 is 4.79 Å². The van der Waals surface area contributed by atoms with Crippen molar-refractivity contribution in [2.45, 2.75) is 40.0 Å². The second-order valence-electron chi connectivity index (χ2n) is 3.92. The fourth-order valence-electron chi connectivity index (χ4n) is 1.51. The molecule has 1 aliphatic rings. The Labute approximate surface area is 91.7 Å². The van der Waals surface area contributed by atoms with Crippen molar-refractivity contribution in [2.75, 3.05) is 5.32 Å². The third-order valence-electron chi connectivity index (χ3n) is 2.16. The van der Waals surface area contributed by atoms with Gasteiger partial charge in [0.2, 0.25) is 5.91 Å². The molecule has 0 bridgehead atoms. The van der Waals surface area contributed by atoms with Crippen LogP contribution < -0.4 is 5.32 Å². The van der Waals surface area contributed by atoms with E-state index < -0.39 is 0 Å². The molecule has 0 unspecified atom stereocenters. The molecule has 2 rings (SSSR count). The molecule has 1 heterocycles. The number of hydrogen-bond donors (Lipinski definition) is 1. The minimum atomic E-state index is 0.131. The quantitative estimate of drug-likeness (QED) is 0.691. The maximum absolute atomic E-state index is 11.0. The first-order valence-electron chi connectivity index (χ1n) is 5.56. The summed E-state index contributed by atoms with van der Waals surface area (Å²) in [5, 5.41) is 2.85. The Kier molecular flexibility index (Phi) is 4.35. The predicted molar refractivity (Wildman–Crippen MR) is 64.1 cm³/mol. The highest BCUT2D eigenvalue weighted by Gasteiger charge is 2.13. The van der Waals surface area contributed by atoms with Crippen LogP contribution in [0.2, 0.25) is 0 Å². The molecule has 0 atom stereocenters. The van der Waals surface area contributed by atoms with Gasteiger partial charge in [0.15, 0.2) is 0 Å². The van der Waals surface area contributed by atoms with Crippen molar-refractivity contribution >= 4 is 11.6 Å². The Morgan fingerprint density at radius 1 is 1.27 bits per heavy atom. The molecule has 1 aliphatic heterocycles. The first-order chi connectivity index (χ1) is 7.17. The van der Waals surface area contributed by atoms with Crippen molar-refractivity contribution in [3.05, 3.63) is 29.3 Å². The molecule has 15 heavy (non-hydrogen) atoms. The predicted octanol–water partition coefficient (Wildman–Crippen LogP) is 3.30. The minimum Gasteiger partial charge on any atom is -0.326 e. The van der Waals surface area contributed by atoms with Crippen LogP contribution in [0.15, 0.2) is 18.2 Å². The molecular formula is C13H19NO. The maximum Gasteiger partial charge on any atom is 0.224 e. The molecule has 0 saturated carbocycles. The first-order valence-corrected chi connectivity index (χ1v) is 5.56. The summed E-state index contributed by atoms with van der Waals surface area (Å²) in [5.74, 6) is 0.131. The average molecular weight is 205 g/mol. The van der Waals surface area contributed by atoms with E-state index in [0.717, 1.165) is 12.1 Å². The van der Waals surface area contributed by atoms with E-state index in [1.54, 1.807) is 0 Å². The summed E-state index contributed by atoms with van der Waals surface area (Å²) in [6.45, 7) is 6.32. The number of anilines is 1. The number of aryl methyl sites for hydroxylation is 2. The molecule has 82 valence electrons. The Bertz CT molecular complexity index is 344. The van der Waals surface area contributed by atoms with Crippen molar-refractivity contribution in [1.29, 1.82) is 0 Å². The van der Waals surface area contributed by atoms with E-state index in [-0.39, 0.29) is 5.91 Å². The zero-order valence-corrected chi connectivity index (χ0v) is 9.76. The van der Waals surface area contributed by atoms with Gasteiger partial charge in [0.1, 0.15) is 0 Å². The zero-order valence-electron chi connectivity index (χ0n) is 9.76. The molecule has 1 amide bonds. The third-order valence-corrected chi connectivity index (χ3v) is 2.16. The molecule has 2 heteroatoms. The number of fused-ring (bicyclic) bond motifs is 1. The fraction of sp³-hybridized carbons (Fsp3) is 0.462. The number of carbonyl (C=O) groups excluding carboxylic acids is 1. The number of carbonyl (C=O) groups is 1. The molecule has 0 fully saturated rings. The van der Waals surface area contributed by atoms with E-state index in [4.69, 9.17) is 0 Å². The summed E-state index contributed by atoms with van der Waals surface area (Å²) in [7, 11) is 0. The molecule has 1 aromatic rings. The summed E-state index contributed by atoms with van der Waals surface area (Å²) in [6.07, 6.45) is 2.75. The second kappa shape index (κ2) is 5.54. The van der Waals surface area contributed by atoms with E-state index in [1.807, 2.05) is 12.1 Å². The zero-order chi connectivity index (χ0) is 11.3. The van der Waals surface area contributed by atoms with E-state index in [0.29, 0.717) is 6.42 Å². The van der Waals surface area contributed by atoms with E-state index in [9.17, 15) is 4.79 Å². The number of benzene rings is 1. The lowest BCUT2D eigenvalue weighted by Gasteiger charge is -2.16. The SMILES string of the molecule is CCC.Cc1ccc2c(c1)CCC(=O)N2. The van der Waals surface area contributed by atoms with Crippen molar-refractivity contribution in [1.82, 2.24) is 0 Å². The molecule has 0 saturated heterocycles. The maximum atomic E-state index is 11.0. The summed E-state index contributed by atoms with van der Waals surface area (Å²) in [4.78, 5) is 11.0. The van der Waals surface area contributed by atoms with Crippen LogP contribution in [0, 0.1) is 6.92 Å². The third kappa shape index (κ3) is 3.39. The van der Waals surface area contributed by atoms with Gasteiger partial charge >= 0.3 is 0 Å². The standard InChI is InChI=1S/C10H11NO.C3H8/c1-7-2-4-9-8(6-7)3-5-10(12)11-9;1-3-2/h2,4,6H,3,5H2,1H3,(H,11,12);3H2,1-2H3. The first kappa shape index (κ1) is 11.8. The Hall–Kier alpha value is -1.31. The van der Waals surface area contributed by atoms with E-state index in [2.05, 4.69) is 32.2 Å². The Morgan fingerprint density at radius 2 is 1.93 bits per heavy atom. The molecule has 1 aromatic carbocycles. The summed E-state index contributed by atoms with van der Waals surface area (Å²) >= 11 is 0. The van der Waals surface area contributed by atoms with Crippen molar-refractivity contribution in [3.63, 3.8) is 0 Å². The highest BCUT2D eigenvalue weighted by molar-refractivity contribution is 5.93. The van der Waals surface area contributed by atoms with Gasteiger partial charge in [-0.25, -0.2) is 0 Å². The summed E-state index contributed by atoms with van der Waals surface area (Å²) in [5.41, 5.74) is 3.50. The largest absolute Gasteiger partial charge is 0.326 e. The Morgan fingerprint density at radius 3 is 2.60 bits per heavy atom. The monoisotopic (exact) mass is 205 g/mol. The number of hydrogen-bond acceptors (Lipinski definition) is 1. The normalized spacial score (nSPS) is 13.4. The van der Waals surface area contributed by atoms with Crippen LogP contribution in [0.3, 0.4) is 0 Å². The smallest absolute Gasteiger partial charge is 0.224 e. The van der Waals surface area contributed by atoms with Crippen LogP contribution in [-0.4, -0.2) is 5.91 Å². The minimum absolute atomic E-state index is 0.131. The lowest BCUT2D eigenvalue weighted by Crippen LogP contribution is -2.18. The molecular weight excluding hydrogens is 186 g/mol. The molecule has 0 spiro atoms. The summed E-state index contributed by atoms with van der Waals surface area (Å²) < 4.78 is 0. The number of amides is 1. The highest BCUT2D eigenvalue weighted by atomic mass is 16.1. The number of nitrogens with one attached hydrogen (secondary N) is 1. The van der Waals surface area contributed by atoms with Gasteiger partial charge in [-0.05, 0) is 25.0 Å². The van der Waals surface area contributed by atoms with Gasteiger partial charge in [-0.15, -0.1) is 0 Å². The van der Waals surface area contributed by atoms with Gasteiger partial charge in [-0.2, -0.15) is 0 Å². The highest BCUT2D eigenvalue weighted by Crippen LogP contribution is 2.22. The summed E-state index contributed by atoms with van der Waals surface area (Å²) in [6, 6.07) is 6.13. The van der Waals surface area contributed by atoms with Crippen molar-refractivity contribution in [3.8, 4) is 0 Å². The number of rotatable bonds is 0. The van der Waals surface area contributed by atoms with Gasteiger partial charge in [-0.1, -0.05) is 38.0 Å². The molecule has 1 N–H and O–H groups in total. The van der Waals surface area contributed by atoms with Crippen LogP contribution in [0.25, 0.3) is 0 Å². The van der Waals surface area contributed by atoms with Gasteiger partial charge in [0.05, 0.1) is 0 Å². The van der Waals surface area contributed by atoms with Crippen LogP contribution in [0.5, 0.6) is 0 Å². The topological polar surface area (TPSA) is 29.1 Å². The van der Waals surface area contributed by atoms with Crippen LogP contribution in [0.4, 0.5) is 5.69 Å². The molecule has 2 nitrogen and oxygen atoms in total. The molecule has 0 radical (unpaired) electrons. The molecule has 0 aliphatic carbocycles. The Balaban J connectivity index is 0.000000337. The second-order valence-corrected chi connectivity index (χ2v) is 3.92. The fourth-order valence-corrected chi connectivity index (χ4v) is 1.51. The lowest BCUT2D eigenvalue weighted by atomic mass is 10.0.